The van der Waals surface area contributed by atoms with Gasteiger partial charge in [-0.15, -0.1) is 5.10 Å². The van der Waals surface area contributed by atoms with Crippen molar-refractivity contribution in [3.05, 3.63) is 23.4 Å². The Kier molecular flexibility index (Phi) is 1.63. The first-order valence-corrected chi connectivity index (χ1v) is 3.95. The van der Waals surface area contributed by atoms with Crippen LogP contribution in [0.3, 0.4) is 0 Å². The van der Waals surface area contributed by atoms with E-state index >= 15 is 0 Å². The van der Waals surface area contributed by atoms with Crippen LogP contribution in [0.4, 0.5) is 5.95 Å². The molecule has 0 saturated heterocycles. The number of carboxylic acid groups (broad SMARTS) is 1. The molecule has 2 heterocycles. The number of aromatic nitrogens is 3. The molecule has 0 aromatic carbocycles. The van der Waals surface area contributed by atoms with Crippen LogP contribution in [0, 0.1) is 6.92 Å². The van der Waals surface area contributed by atoms with Crippen LogP contribution in [0.25, 0.3) is 5.65 Å². The fourth-order valence-corrected chi connectivity index (χ4v) is 1.26. The third-order valence-corrected chi connectivity index (χ3v) is 1.92. The molecule has 2 aromatic rings. The number of carbonyl (C=O) groups is 1. The van der Waals surface area contributed by atoms with Crippen molar-refractivity contribution < 1.29 is 9.90 Å². The fraction of sp³-hybridized carbons (Fsp3) is 0.125. The van der Waals surface area contributed by atoms with Gasteiger partial charge in [-0.25, -0.2) is 9.31 Å². The first-order valence-electron chi connectivity index (χ1n) is 3.95. The Morgan fingerprint density at radius 2 is 2.29 bits per heavy atom. The first-order chi connectivity index (χ1) is 6.59. The lowest BCUT2D eigenvalue weighted by Gasteiger charge is -1.99. The van der Waals surface area contributed by atoms with Gasteiger partial charge in [-0.3, -0.25) is 0 Å². The Hall–Kier alpha value is -2.11. The Bertz CT molecular complexity index is 517. The van der Waals surface area contributed by atoms with Gasteiger partial charge in [-0.05, 0) is 19.1 Å². The zero-order valence-corrected chi connectivity index (χ0v) is 7.43. The largest absolute Gasteiger partial charge is 0.478 e. The molecule has 0 fully saturated rings. The highest BCUT2D eigenvalue weighted by molar-refractivity contribution is 5.94. The normalized spacial score (nSPS) is 10.6. The zero-order valence-electron chi connectivity index (χ0n) is 7.43. The van der Waals surface area contributed by atoms with Crippen molar-refractivity contribution in [2.75, 3.05) is 5.73 Å². The predicted octanol–water partition coefficient (Wildman–Crippen LogP) is 0.318. The minimum absolute atomic E-state index is 0.0711. The van der Waals surface area contributed by atoms with Crippen LogP contribution in [0.1, 0.15) is 16.1 Å². The Labute approximate surface area is 79.0 Å². The van der Waals surface area contributed by atoms with E-state index < -0.39 is 5.97 Å². The highest BCUT2D eigenvalue weighted by Gasteiger charge is 2.13. The molecule has 0 saturated carbocycles. The maximum absolute atomic E-state index is 10.8. The molecule has 3 N–H and O–H groups in total. The van der Waals surface area contributed by atoms with E-state index in [1.807, 2.05) is 0 Å². The number of aryl methyl sites for hydroxylation is 1. The summed E-state index contributed by atoms with van der Waals surface area (Å²) < 4.78 is 1.42. The van der Waals surface area contributed by atoms with Gasteiger partial charge in [0.25, 0.3) is 0 Å². The summed E-state index contributed by atoms with van der Waals surface area (Å²) >= 11 is 0. The van der Waals surface area contributed by atoms with Crippen molar-refractivity contribution >= 4 is 17.6 Å². The predicted molar refractivity (Wildman–Crippen MR) is 49.1 cm³/mol. The lowest BCUT2D eigenvalue weighted by molar-refractivity contribution is 0.0698. The van der Waals surface area contributed by atoms with E-state index in [4.69, 9.17) is 10.8 Å². The summed E-state index contributed by atoms with van der Waals surface area (Å²) in [7, 11) is 0. The number of nitrogens with two attached hydrogens (primary N) is 1. The number of nitrogens with zero attached hydrogens (tertiary/aromatic N) is 3. The van der Waals surface area contributed by atoms with Gasteiger partial charge in [-0.2, -0.15) is 4.98 Å². The molecular formula is C8H8N4O2. The molecule has 0 aliphatic carbocycles. The maximum atomic E-state index is 10.8. The average Bonchev–Trinajstić information content (AvgIpc) is 2.47. The summed E-state index contributed by atoms with van der Waals surface area (Å²) in [6.07, 6.45) is 0. The SMILES string of the molecule is Cc1ccc(C(=O)O)c2nc(N)nn12. The second-order valence-electron chi connectivity index (χ2n) is 2.90. The van der Waals surface area contributed by atoms with Crippen LogP contribution in [0.15, 0.2) is 12.1 Å². The van der Waals surface area contributed by atoms with Crippen LogP contribution >= 0.6 is 0 Å². The quantitative estimate of drug-likeness (QED) is 0.678. The van der Waals surface area contributed by atoms with E-state index in [-0.39, 0.29) is 17.2 Å². The molecule has 14 heavy (non-hydrogen) atoms. The van der Waals surface area contributed by atoms with E-state index in [1.54, 1.807) is 13.0 Å². The summed E-state index contributed by atoms with van der Waals surface area (Å²) in [6.45, 7) is 1.80. The molecule has 2 rings (SSSR count). The molecule has 0 spiro atoms. The van der Waals surface area contributed by atoms with Crippen LogP contribution < -0.4 is 5.73 Å². The molecule has 0 radical (unpaired) electrons. The molecule has 0 atom stereocenters. The molecule has 0 aliphatic rings. The number of anilines is 1. The molecule has 6 nitrogen and oxygen atoms in total. The van der Waals surface area contributed by atoms with Crippen LogP contribution in [-0.2, 0) is 0 Å². The van der Waals surface area contributed by atoms with Crippen molar-refractivity contribution in [2.45, 2.75) is 6.92 Å². The minimum atomic E-state index is -1.04. The standard InChI is InChI=1S/C8H8N4O2/c1-4-2-3-5(7(13)14)6-10-8(9)11-12(4)6/h2-3H,1H3,(H2,9,11)(H,13,14). The van der Waals surface area contributed by atoms with Gasteiger partial charge < -0.3 is 10.8 Å². The molecule has 2 aromatic heterocycles. The number of carboxylic acids is 1. The van der Waals surface area contributed by atoms with E-state index in [1.165, 1.54) is 10.6 Å². The fourth-order valence-electron chi connectivity index (χ4n) is 1.26. The van der Waals surface area contributed by atoms with Crippen molar-refractivity contribution in [1.82, 2.24) is 14.6 Å². The number of pyridine rings is 1. The second-order valence-corrected chi connectivity index (χ2v) is 2.90. The number of hydrogen-bond donors (Lipinski definition) is 2. The molecular weight excluding hydrogens is 184 g/mol. The van der Waals surface area contributed by atoms with Gasteiger partial charge in [-0.1, -0.05) is 0 Å². The summed E-state index contributed by atoms with van der Waals surface area (Å²) in [5.74, 6) is -0.968. The number of nitrogen functional groups attached to an aromatic ring is 1. The highest BCUT2D eigenvalue weighted by Crippen LogP contribution is 2.12. The van der Waals surface area contributed by atoms with Gasteiger partial charge in [0.2, 0.25) is 5.95 Å². The zero-order chi connectivity index (χ0) is 10.3. The van der Waals surface area contributed by atoms with Gasteiger partial charge >= 0.3 is 5.97 Å². The number of hydrogen-bond acceptors (Lipinski definition) is 4. The van der Waals surface area contributed by atoms with Crippen molar-refractivity contribution in [2.24, 2.45) is 0 Å². The molecule has 6 heteroatoms. The van der Waals surface area contributed by atoms with Crippen molar-refractivity contribution in [1.29, 1.82) is 0 Å². The van der Waals surface area contributed by atoms with Gasteiger partial charge in [0.05, 0.1) is 0 Å². The molecule has 0 aliphatic heterocycles. The Morgan fingerprint density at radius 1 is 1.57 bits per heavy atom. The Balaban J connectivity index is 2.87. The third-order valence-electron chi connectivity index (χ3n) is 1.92. The van der Waals surface area contributed by atoms with E-state index in [0.29, 0.717) is 0 Å². The smallest absolute Gasteiger partial charge is 0.339 e. The first kappa shape index (κ1) is 8.49. The number of fused-ring (bicyclic) bond motifs is 1. The van der Waals surface area contributed by atoms with Crippen LogP contribution in [0.5, 0.6) is 0 Å². The monoisotopic (exact) mass is 192 g/mol. The maximum Gasteiger partial charge on any atom is 0.339 e. The molecule has 0 unspecified atom stereocenters. The van der Waals surface area contributed by atoms with Crippen molar-refractivity contribution in [3.8, 4) is 0 Å². The van der Waals surface area contributed by atoms with Crippen LogP contribution in [-0.4, -0.2) is 25.7 Å². The van der Waals surface area contributed by atoms with Gasteiger partial charge in [0, 0.05) is 5.69 Å². The summed E-state index contributed by atoms with van der Waals surface area (Å²) in [4.78, 5) is 14.7. The Morgan fingerprint density at radius 3 is 2.93 bits per heavy atom. The molecule has 0 bridgehead atoms. The number of aromatic carboxylic acids is 1. The number of rotatable bonds is 1. The molecule has 72 valence electrons. The van der Waals surface area contributed by atoms with Gasteiger partial charge in [0.1, 0.15) is 5.56 Å². The summed E-state index contributed by atoms with van der Waals surface area (Å²) in [6, 6.07) is 3.14. The van der Waals surface area contributed by atoms with E-state index in [0.717, 1.165) is 5.69 Å². The summed E-state index contributed by atoms with van der Waals surface area (Å²) in [5.41, 5.74) is 6.55. The van der Waals surface area contributed by atoms with Gasteiger partial charge in [0.15, 0.2) is 5.65 Å². The average molecular weight is 192 g/mol. The molecule has 0 amide bonds. The second kappa shape index (κ2) is 2.69. The lowest BCUT2D eigenvalue weighted by Crippen LogP contribution is -2.03. The minimum Gasteiger partial charge on any atom is -0.478 e. The highest BCUT2D eigenvalue weighted by atomic mass is 16.4. The van der Waals surface area contributed by atoms with Crippen LogP contribution in [0.2, 0.25) is 0 Å². The topological polar surface area (TPSA) is 93.5 Å². The van der Waals surface area contributed by atoms with E-state index in [2.05, 4.69) is 10.1 Å². The summed E-state index contributed by atoms with van der Waals surface area (Å²) in [5, 5.41) is 12.7. The van der Waals surface area contributed by atoms with Crippen molar-refractivity contribution in [3.63, 3.8) is 0 Å². The lowest BCUT2D eigenvalue weighted by atomic mass is 10.2. The van der Waals surface area contributed by atoms with E-state index in [9.17, 15) is 4.79 Å². The third kappa shape index (κ3) is 1.08.